The molecule has 15 heavy (non-hydrogen) atoms. The topological polar surface area (TPSA) is 29.3 Å². The fourth-order valence-electron chi connectivity index (χ4n) is 3.87. The molecule has 0 bridgehead atoms. The molecule has 0 aromatic carbocycles. The summed E-state index contributed by atoms with van der Waals surface area (Å²) < 4.78 is 0. The first-order valence-corrected chi connectivity index (χ1v) is 6.66. The van der Waals surface area contributed by atoms with Crippen LogP contribution in [0.25, 0.3) is 0 Å². The van der Waals surface area contributed by atoms with Crippen molar-refractivity contribution in [3.63, 3.8) is 0 Å². The molecule has 2 unspecified atom stereocenters. The van der Waals surface area contributed by atoms with E-state index in [1.165, 1.54) is 51.6 Å². The molecule has 0 radical (unpaired) electrons. The molecule has 2 nitrogen and oxygen atoms in total. The van der Waals surface area contributed by atoms with Gasteiger partial charge in [0.25, 0.3) is 0 Å². The van der Waals surface area contributed by atoms with E-state index in [0.717, 1.165) is 17.9 Å². The number of likely N-dealkylation sites (tertiary alicyclic amines) is 1. The summed E-state index contributed by atoms with van der Waals surface area (Å²) in [6.45, 7) is 6.01. The van der Waals surface area contributed by atoms with E-state index in [9.17, 15) is 0 Å². The van der Waals surface area contributed by atoms with Gasteiger partial charge < -0.3 is 5.73 Å². The number of hydrogen-bond acceptors (Lipinski definition) is 2. The van der Waals surface area contributed by atoms with Gasteiger partial charge in [0.1, 0.15) is 0 Å². The van der Waals surface area contributed by atoms with Crippen molar-refractivity contribution in [3.05, 3.63) is 0 Å². The van der Waals surface area contributed by atoms with Crippen molar-refractivity contribution >= 4 is 0 Å². The molecule has 0 aromatic heterocycles. The van der Waals surface area contributed by atoms with Gasteiger partial charge in [0, 0.05) is 25.2 Å². The van der Waals surface area contributed by atoms with Gasteiger partial charge >= 0.3 is 0 Å². The number of rotatable bonds is 2. The van der Waals surface area contributed by atoms with Gasteiger partial charge in [-0.1, -0.05) is 19.8 Å². The first kappa shape index (κ1) is 10.1. The van der Waals surface area contributed by atoms with Crippen LogP contribution < -0.4 is 5.73 Å². The first-order chi connectivity index (χ1) is 7.21. The Hall–Kier alpha value is -0.0800. The Kier molecular flexibility index (Phi) is 2.16. The third-order valence-corrected chi connectivity index (χ3v) is 5.41. The summed E-state index contributed by atoms with van der Waals surface area (Å²) in [4.78, 5) is 2.73. The van der Waals surface area contributed by atoms with E-state index in [1.54, 1.807) is 0 Å². The van der Waals surface area contributed by atoms with Crippen LogP contribution in [0.15, 0.2) is 0 Å². The van der Waals surface area contributed by atoms with Gasteiger partial charge in [-0.2, -0.15) is 0 Å². The van der Waals surface area contributed by atoms with Crippen molar-refractivity contribution < 1.29 is 0 Å². The molecule has 86 valence electrons. The van der Waals surface area contributed by atoms with Crippen molar-refractivity contribution in [2.45, 2.75) is 51.0 Å². The molecule has 3 fully saturated rings. The highest BCUT2D eigenvalue weighted by atomic mass is 15.3. The fourth-order valence-corrected chi connectivity index (χ4v) is 3.87. The molecule has 1 saturated heterocycles. The van der Waals surface area contributed by atoms with Gasteiger partial charge in [-0.05, 0) is 37.0 Å². The van der Waals surface area contributed by atoms with Crippen molar-refractivity contribution in [2.75, 3.05) is 19.6 Å². The van der Waals surface area contributed by atoms with E-state index in [1.807, 2.05) is 0 Å². The van der Waals surface area contributed by atoms with Crippen LogP contribution in [0.5, 0.6) is 0 Å². The maximum Gasteiger partial charge on any atom is 0.0357 e. The zero-order chi connectivity index (χ0) is 10.5. The summed E-state index contributed by atoms with van der Waals surface area (Å²) in [5.74, 6) is 0.812. The molecule has 2 N–H and O–H groups in total. The van der Waals surface area contributed by atoms with E-state index < -0.39 is 0 Å². The Morgan fingerprint density at radius 3 is 2.47 bits per heavy atom. The largest absolute Gasteiger partial charge is 0.329 e. The summed E-state index contributed by atoms with van der Waals surface area (Å²) >= 11 is 0. The molecule has 1 spiro atoms. The van der Waals surface area contributed by atoms with E-state index in [-0.39, 0.29) is 0 Å². The lowest BCUT2D eigenvalue weighted by Crippen LogP contribution is -2.67. The van der Waals surface area contributed by atoms with Gasteiger partial charge in [0.05, 0.1) is 0 Å². The molecular weight excluding hydrogens is 184 g/mol. The Bertz CT molecular complexity index is 251. The molecule has 2 aliphatic carbocycles. The van der Waals surface area contributed by atoms with E-state index >= 15 is 0 Å². The van der Waals surface area contributed by atoms with Crippen LogP contribution in [-0.2, 0) is 0 Å². The van der Waals surface area contributed by atoms with Crippen LogP contribution >= 0.6 is 0 Å². The molecule has 1 heterocycles. The number of nitrogens with zero attached hydrogens (tertiary/aromatic N) is 1. The number of nitrogens with two attached hydrogens (primary N) is 1. The predicted octanol–water partition coefficient (Wildman–Crippen LogP) is 1.99. The molecule has 0 amide bonds. The van der Waals surface area contributed by atoms with Crippen LogP contribution in [0.1, 0.15) is 45.4 Å². The Labute approximate surface area is 93.2 Å². The van der Waals surface area contributed by atoms with Gasteiger partial charge in [0.2, 0.25) is 0 Å². The van der Waals surface area contributed by atoms with Crippen LogP contribution in [0.4, 0.5) is 0 Å². The number of hydrogen-bond donors (Lipinski definition) is 1. The minimum Gasteiger partial charge on any atom is -0.329 e. The van der Waals surface area contributed by atoms with Crippen molar-refractivity contribution in [1.82, 2.24) is 4.90 Å². The average molecular weight is 208 g/mol. The average Bonchev–Trinajstić information content (AvgIpc) is 2.97. The highest BCUT2D eigenvalue weighted by Crippen LogP contribution is 2.56. The zero-order valence-corrected chi connectivity index (χ0v) is 9.97. The Balaban J connectivity index is 1.73. The summed E-state index contributed by atoms with van der Waals surface area (Å²) in [6.07, 6.45) is 8.52. The fraction of sp³-hybridized carbons (Fsp3) is 1.00. The van der Waals surface area contributed by atoms with Gasteiger partial charge in [-0.15, -0.1) is 0 Å². The van der Waals surface area contributed by atoms with Crippen molar-refractivity contribution in [3.8, 4) is 0 Å². The smallest absolute Gasteiger partial charge is 0.0357 e. The zero-order valence-electron chi connectivity index (χ0n) is 9.97. The first-order valence-electron chi connectivity index (χ1n) is 6.66. The SMILES string of the molecule is CC1CCCCC1(CN)N1CC2(CC2)C1. The minimum atomic E-state index is 0.381. The van der Waals surface area contributed by atoms with Gasteiger partial charge in [-0.3, -0.25) is 4.90 Å². The Morgan fingerprint density at radius 1 is 1.20 bits per heavy atom. The lowest BCUT2D eigenvalue weighted by atomic mass is 9.70. The minimum absolute atomic E-state index is 0.381. The maximum atomic E-state index is 6.11. The molecule has 1 aliphatic heterocycles. The van der Waals surface area contributed by atoms with E-state index in [2.05, 4.69) is 11.8 Å². The lowest BCUT2D eigenvalue weighted by molar-refractivity contribution is -0.0709. The Morgan fingerprint density at radius 2 is 1.93 bits per heavy atom. The summed E-state index contributed by atoms with van der Waals surface area (Å²) in [5, 5.41) is 0. The monoisotopic (exact) mass is 208 g/mol. The third kappa shape index (κ3) is 1.38. The highest BCUT2D eigenvalue weighted by Gasteiger charge is 2.58. The van der Waals surface area contributed by atoms with Crippen LogP contribution in [0, 0.1) is 11.3 Å². The molecule has 0 aromatic rings. The maximum absolute atomic E-state index is 6.11. The second-order valence-corrected chi connectivity index (χ2v) is 6.31. The summed E-state index contributed by atoms with van der Waals surface area (Å²) in [5.41, 5.74) is 7.26. The predicted molar refractivity (Wildman–Crippen MR) is 62.7 cm³/mol. The van der Waals surface area contributed by atoms with Crippen LogP contribution in [0.2, 0.25) is 0 Å². The van der Waals surface area contributed by atoms with Gasteiger partial charge in [0.15, 0.2) is 0 Å². The molecule has 3 aliphatic rings. The molecule has 2 saturated carbocycles. The van der Waals surface area contributed by atoms with Crippen molar-refractivity contribution in [2.24, 2.45) is 17.1 Å². The summed E-state index contributed by atoms with van der Waals surface area (Å²) in [7, 11) is 0. The van der Waals surface area contributed by atoms with E-state index in [4.69, 9.17) is 5.73 Å². The van der Waals surface area contributed by atoms with Crippen molar-refractivity contribution in [1.29, 1.82) is 0 Å². The standard InChI is InChI=1S/C13H24N2/c1-11-4-2-3-5-13(11,8-14)15-9-12(10-15)6-7-12/h11H,2-10,14H2,1H3. The molecule has 2 atom stereocenters. The van der Waals surface area contributed by atoms with Crippen LogP contribution in [0.3, 0.4) is 0 Å². The van der Waals surface area contributed by atoms with Crippen LogP contribution in [-0.4, -0.2) is 30.1 Å². The highest BCUT2D eigenvalue weighted by molar-refractivity contribution is 5.12. The lowest BCUT2D eigenvalue weighted by Gasteiger charge is -2.57. The van der Waals surface area contributed by atoms with Gasteiger partial charge in [-0.25, -0.2) is 0 Å². The van der Waals surface area contributed by atoms with E-state index in [0.29, 0.717) is 5.54 Å². The quantitative estimate of drug-likeness (QED) is 0.752. The molecule has 2 heteroatoms. The second kappa shape index (κ2) is 3.21. The summed E-state index contributed by atoms with van der Waals surface area (Å²) in [6, 6.07) is 0. The normalized spacial score (nSPS) is 44.0. The molecular formula is C13H24N2. The third-order valence-electron chi connectivity index (χ3n) is 5.41. The second-order valence-electron chi connectivity index (χ2n) is 6.31. The molecule has 3 rings (SSSR count).